The molecule has 0 saturated heterocycles. The maximum absolute atomic E-state index is 11.3. The Morgan fingerprint density at radius 2 is 2.40 bits per heavy atom. The Bertz CT molecular complexity index is 395. The number of rotatable bonds is 3. The monoisotopic (exact) mass is 208 g/mol. The first-order valence-corrected chi connectivity index (χ1v) is 5.29. The normalized spacial score (nSPS) is 24.7. The second-order valence-corrected chi connectivity index (χ2v) is 4.00. The third kappa shape index (κ3) is 2.36. The van der Waals surface area contributed by atoms with E-state index in [9.17, 15) is 4.79 Å². The first kappa shape index (κ1) is 10.2. The summed E-state index contributed by atoms with van der Waals surface area (Å²) in [6.07, 6.45) is 2.64. The molecule has 5 nitrogen and oxygen atoms in total. The van der Waals surface area contributed by atoms with E-state index >= 15 is 0 Å². The van der Waals surface area contributed by atoms with E-state index in [2.05, 4.69) is 15.3 Å². The van der Waals surface area contributed by atoms with Crippen molar-refractivity contribution in [2.24, 2.45) is 5.73 Å². The van der Waals surface area contributed by atoms with Crippen LogP contribution in [-0.2, 0) is 6.42 Å². The van der Waals surface area contributed by atoms with Crippen molar-refractivity contribution in [1.29, 1.82) is 0 Å². The van der Waals surface area contributed by atoms with Gasteiger partial charge in [0.15, 0.2) is 0 Å². The number of H-pyrrole nitrogens is 1. The van der Waals surface area contributed by atoms with E-state index in [4.69, 9.17) is 5.73 Å². The minimum Gasteiger partial charge on any atom is -0.367 e. The summed E-state index contributed by atoms with van der Waals surface area (Å²) in [4.78, 5) is 18.2. The van der Waals surface area contributed by atoms with Crippen LogP contribution >= 0.6 is 0 Å². The average Bonchev–Trinajstić information content (AvgIpc) is 2.14. The molecule has 2 rings (SSSR count). The van der Waals surface area contributed by atoms with Gasteiger partial charge in [-0.2, -0.15) is 0 Å². The van der Waals surface area contributed by atoms with Crippen LogP contribution in [-0.4, -0.2) is 22.1 Å². The molecule has 1 saturated carbocycles. The van der Waals surface area contributed by atoms with Crippen molar-refractivity contribution in [3.63, 3.8) is 0 Å². The van der Waals surface area contributed by atoms with Crippen LogP contribution in [0.4, 0.5) is 5.82 Å². The fourth-order valence-electron chi connectivity index (χ4n) is 1.74. The van der Waals surface area contributed by atoms with Crippen molar-refractivity contribution < 1.29 is 0 Å². The lowest BCUT2D eigenvalue weighted by Gasteiger charge is -2.33. The van der Waals surface area contributed by atoms with Crippen molar-refractivity contribution in [1.82, 2.24) is 9.97 Å². The second-order valence-electron chi connectivity index (χ2n) is 4.00. The van der Waals surface area contributed by atoms with Crippen molar-refractivity contribution in [2.75, 3.05) is 5.32 Å². The maximum Gasteiger partial charge on any atom is 0.252 e. The average molecular weight is 208 g/mol. The predicted octanol–water partition coefficient (Wildman–Crippen LogP) is 0.234. The van der Waals surface area contributed by atoms with Gasteiger partial charge in [0, 0.05) is 24.6 Å². The van der Waals surface area contributed by atoms with Crippen molar-refractivity contribution in [2.45, 2.75) is 38.3 Å². The lowest BCUT2D eigenvalue weighted by Crippen LogP contribution is -2.44. The fourth-order valence-corrected chi connectivity index (χ4v) is 1.74. The molecular formula is C10H16N4O. The molecule has 82 valence electrons. The quantitative estimate of drug-likeness (QED) is 0.664. The van der Waals surface area contributed by atoms with Gasteiger partial charge in [-0.1, -0.05) is 6.92 Å². The Balaban J connectivity index is 2.07. The van der Waals surface area contributed by atoms with Gasteiger partial charge in [0.2, 0.25) is 0 Å². The molecule has 0 radical (unpaired) electrons. The summed E-state index contributed by atoms with van der Waals surface area (Å²) in [5.41, 5.74) is 5.58. The molecule has 0 aliphatic heterocycles. The van der Waals surface area contributed by atoms with Gasteiger partial charge in [-0.05, 0) is 12.8 Å². The molecule has 0 atom stereocenters. The first-order valence-electron chi connectivity index (χ1n) is 5.29. The lowest BCUT2D eigenvalue weighted by molar-refractivity contribution is 0.373. The van der Waals surface area contributed by atoms with Crippen LogP contribution in [0.15, 0.2) is 10.9 Å². The smallest absolute Gasteiger partial charge is 0.252 e. The largest absolute Gasteiger partial charge is 0.367 e. The van der Waals surface area contributed by atoms with Crippen LogP contribution in [0.5, 0.6) is 0 Å². The maximum atomic E-state index is 11.3. The van der Waals surface area contributed by atoms with Crippen LogP contribution in [0, 0.1) is 0 Å². The number of hydrogen-bond acceptors (Lipinski definition) is 4. The topological polar surface area (TPSA) is 83.8 Å². The Hall–Kier alpha value is -1.36. The molecule has 1 fully saturated rings. The molecule has 0 aromatic carbocycles. The number of hydrogen-bond donors (Lipinski definition) is 3. The zero-order valence-corrected chi connectivity index (χ0v) is 8.79. The van der Waals surface area contributed by atoms with Crippen LogP contribution in [0.1, 0.15) is 25.6 Å². The molecule has 0 unspecified atom stereocenters. The van der Waals surface area contributed by atoms with Crippen LogP contribution in [0.3, 0.4) is 0 Å². The van der Waals surface area contributed by atoms with E-state index < -0.39 is 0 Å². The third-order valence-corrected chi connectivity index (χ3v) is 2.65. The SMILES string of the molecule is CCc1nc(NC2CC(N)C2)cc(=O)[nH]1. The van der Waals surface area contributed by atoms with Crippen molar-refractivity contribution >= 4 is 5.82 Å². The number of nitrogens with zero attached hydrogens (tertiary/aromatic N) is 1. The first-order chi connectivity index (χ1) is 7.17. The van der Waals surface area contributed by atoms with Gasteiger partial charge in [-0.3, -0.25) is 4.79 Å². The van der Waals surface area contributed by atoms with Crippen molar-refractivity contribution in [3.05, 3.63) is 22.2 Å². The molecule has 1 aliphatic rings. The number of aromatic amines is 1. The highest BCUT2D eigenvalue weighted by Gasteiger charge is 2.25. The molecule has 0 spiro atoms. The summed E-state index contributed by atoms with van der Waals surface area (Å²) >= 11 is 0. The Kier molecular flexibility index (Phi) is 2.73. The summed E-state index contributed by atoms with van der Waals surface area (Å²) in [6.45, 7) is 1.96. The molecule has 4 N–H and O–H groups in total. The van der Waals surface area contributed by atoms with Gasteiger partial charge in [0.1, 0.15) is 11.6 Å². The highest BCUT2D eigenvalue weighted by atomic mass is 16.1. The molecule has 1 heterocycles. The summed E-state index contributed by atoms with van der Waals surface area (Å²) < 4.78 is 0. The van der Waals surface area contributed by atoms with E-state index in [1.54, 1.807) is 0 Å². The Morgan fingerprint density at radius 1 is 1.67 bits per heavy atom. The molecule has 1 aromatic rings. The zero-order valence-electron chi connectivity index (χ0n) is 8.79. The van der Waals surface area contributed by atoms with Crippen molar-refractivity contribution in [3.8, 4) is 0 Å². The van der Waals surface area contributed by atoms with E-state index in [1.807, 2.05) is 6.92 Å². The minimum atomic E-state index is -0.104. The van der Waals surface area contributed by atoms with E-state index in [0.29, 0.717) is 23.7 Å². The standard InChI is InChI=1S/C10H16N4O/c1-2-8-13-9(5-10(15)14-8)12-7-3-6(11)4-7/h5-7H,2-4,11H2,1H3,(H2,12,13,14,15). The highest BCUT2D eigenvalue weighted by Crippen LogP contribution is 2.20. The lowest BCUT2D eigenvalue weighted by atomic mass is 9.88. The number of nitrogens with one attached hydrogen (secondary N) is 2. The summed E-state index contributed by atoms with van der Waals surface area (Å²) in [5, 5.41) is 3.21. The predicted molar refractivity (Wildman–Crippen MR) is 58.9 cm³/mol. The number of anilines is 1. The summed E-state index contributed by atoms with van der Waals surface area (Å²) in [6, 6.07) is 2.16. The second kappa shape index (κ2) is 4.02. The van der Waals surface area contributed by atoms with Gasteiger partial charge >= 0.3 is 0 Å². The number of aromatic nitrogens is 2. The van der Waals surface area contributed by atoms with E-state index in [1.165, 1.54) is 6.07 Å². The number of aryl methyl sites for hydroxylation is 1. The summed E-state index contributed by atoms with van der Waals surface area (Å²) in [7, 11) is 0. The Morgan fingerprint density at radius 3 is 3.00 bits per heavy atom. The molecular weight excluding hydrogens is 192 g/mol. The van der Waals surface area contributed by atoms with E-state index in [-0.39, 0.29) is 5.56 Å². The van der Waals surface area contributed by atoms with Gasteiger partial charge in [0.05, 0.1) is 0 Å². The van der Waals surface area contributed by atoms with Gasteiger partial charge in [0.25, 0.3) is 5.56 Å². The Labute approximate surface area is 88.1 Å². The van der Waals surface area contributed by atoms with Gasteiger partial charge in [-0.15, -0.1) is 0 Å². The van der Waals surface area contributed by atoms with Crippen LogP contribution in [0.25, 0.3) is 0 Å². The molecule has 0 bridgehead atoms. The fraction of sp³-hybridized carbons (Fsp3) is 0.600. The van der Waals surface area contributed by atoms with Gasteiger partial charge in [-0.25, -0.2) is 4.98 Å². The molecule has 1 aliphatic carbocycles. The summed E-state index contributed by atoms with van der Waals surface area (Å²) in [5.74, 6) is 1.38. The number of nitrogens with two attached hydrogens (primary N) is 1. The molecule has 0 amide bonds. The molecule has 5 heteroatoms. The van der Waals surface area contributed by atoms with Crippen LogP contribution < -0.4 is 16.6 Å². The van der Waals surface area contributed by atoms with Gasteiger partial charge < -0.3 is 16.0 Å². The minimum absolute atomic E-state index is 0.104. The van der Waals surface area contributed by atoms with Crippen LogP contribution in [0.2, 0.25) is 0 Å². The molecule has 15 heavy (non-hydrogen) atoms. The van der Waals surface area contributed by atoms with E-state index in [0.717, 1.165) is 19.3 Å². The molecule has 1 aromatic heterocycles. The highest BCUT2D eigenvalue weighted by molar-refractivity contribution is 5.35. The zero-order chi connectivity index (χ0) is 10.8. The third-order valence-electron chi connectivity index (χ3n) is 2.65.